The van der Waals surface area contributed by atoms with Crippen LogP contribution in [0, 0.1) is 0 Å². The van der Waals surface area contributed by atoms with Crippen molar-refractivity contribution in [3.8, 4) is 0 Å². The molecule has 0 saturated heterocycles. The normalized spacial score (nSPS) is 16.8. The zero-order valence-corrected chi connectivity index (χ0v) is 9.66. The van der Waals surface area contributed by atoms with Crippen molar-refractivity contribution >= 4 is 11.9 Å². The Bertz CT molecular complexity index is 252. The minimum atomic E-state index is -0.823. The molecule has 1 amide bonds. The number of carboxylic acids is 1. The third kappa shape index (κ3) is 6.40. The fourth-order valence-corrected chi connectivity index (χ4v) is 1.44. The van der Waals surface area contributed by atoms with Crippen molar-refractivity contribution < 1.29 is 14.7 Å². The van der Waals surface area contributed by atoms with Crippen molar-refractivity contribution in [3.05, 3.63) is 0 Å². The van der Waals surface area contributed by atoms with E-state index in [1.54, 1.807) is 0 Å². The first kappa shape index (κ1) is 13.0. The Labute approximate surface area is 95.6 Å². The third-order valence-corrected chi connectivity index (χ3v) is 2.56. The van der Waals surface area contributed by atoms with Crippen LogP contribution >= 0.6 is 0 Å². The Morgan fingerprint density at radius 2 is 2.06 bits per heavy atom. The van der Waals surface area contributed by atoms with E-state index in [2.05, 4.69) is 10.6 Å². The standard InChI is InChI=1S/C11H20N2O3/c1-8(2-5-11(15)16)13-10(14)6-7-12-9-3-4-9/h8-9,12H,2-7H2,1H3,(H,13,14)(H,15,16). The van der Waals surface area contributed by atoms with Crippen LogP contribution in [-0.2, 0) is 9.59 Å². The molecule has 0 aromatic heterocycles. The quantitative estimate of drug-likeness (QED) is 0.565. The Hall–Kier alpha value is -1.10. The summed E-state index contributed by atoms with van der Waals surface area (Å²) in [6, 6.07) is 0.557. The van der Waals surface area contributed by atoms with Crippen LogP contribution in [0.25, 0.3) is 0 Å². The molecule has 0 aromatic carbocycles. The lowest BCUT2D eigenvalue weighted by molar-refractivity contribution is -0.137. The van der Waals surface area contributed by atoms with Crippen molar-refractivity contribution in [3.63, 3.8) is 0 Å². The highest BCUT2D eigenvalue weighted by molar-refractivity contribution is 5.76. The zero-order valence-electron chi connectivity index (χ0n) is 9.66. The lowest BCUT2D eigenvalue weighted by Gasteiger charge is -2.12. The molecule has 1 rings (SSSR count). The molecule has 1 aliphatic carbocycles. The van der Waals surface area contributed by atoms with E-state index < -0.39 is 5.97 Å². The number of rotatable bonds is 8. The Morgan fingerprint density at radius 3 is 2.62 bits per heavy atom. The number of aliphatic carboxylic acids is 1. The van der Waals surface area contributed by atoms with Crippen LogP contribution in [0.5, 0.6) is 0 Å². The van der Waals surface area contributed by atoms with E-state index in [9.17, 15) is 9.59 Å². The molecule has 0 bridgehead atoms. The number of hydrogen-bond donors (Lipinski definition) is 3. The van der Waals surface area contributed by atoms with Gasteiger partial charge < -0.3 is 15.7 Å². The van der Waals surface area contributed by atoms with Gasteiger partial charge in [-0.3, -0.25) is 9.59 Å². The third-order valence-electron chi connectivity index (χ3n) is 2.56. The summed E-state index contributed by atoms with van der Waals surface area (Å²) in [5, 5.41) is 14.5. The predicted octanol–water partition coefficient (Wildman–Crippen LogP) is 0.498. The summed E-state index contributed by atoms with van der Waals surface area (Å²) >= 11 is 0. The number of hydrogen-bond acceptors (Lipinski definition) is 3. The van der Waals surface area contributed by atoms with Crippen LogP contribution in [0.3, 0.4) is 0 Å². The predicted molar refractivity (Wildman–Crippen MR) is 60.1 cm³/mol. The van der Waals surface area contributed by atoms with Crippen molar-refractivity contribution in [1.29, 1.82) is 0 Å². The monoisotopic (exact) mass is 228 g/mol. The first-order chi connectivity index (χ1) is 7.58. The number of nitrogens with one attached hydrogen (secondary N) is 2. The first-order valence-corrected chi connectivity index (χ1v) is 5.82. The number of carboxylic acid groups (broad SMARTS) is 1. The highest BCUT2D eigenvalue weighted by atomic mass is 16.4. The molecule has 3 N–H and O–H groups in total. The topological polar surface area (TPSA) is 78.4 Å². The maximum atomic E-state index is 11.4. The minimum Gasteiger partial charge on any atom is -0.481 e. The van der Waals surface area contributed by atoms with Gasteiger partial charge in [0.2, 0.25) is 5.91 Å². The van der Waals surface area contributed by atoms with Gasteiger partial charge in [-0.05, 0) is 26.2 Å². The molecule has 0 aliphatic heterocycles. The number of carbonyl (C=O) groups excluding carboxylic acids is 1. The van der Waals surface area contributed by atoms with Crippen molar-refractivity contribution in [2.45, 2.75) is 51.1 Å². The van der Waals surface area contributed by atoms with E-state index in [-0.39, 0.29) is 18.4 Å². The van der Waals surface area contributed by atoms with E-state index in [0.29, 0.717) is 25.4 Å². The van der Waals surface area contributed by atoms with Crippen molar-refractivity contribution in [1.82, 2.24) is 10.6 Å². The van der Waals surface area contributed by atoms with Crippen LogP contribution in [0.4, 0.5) is 0 Å². The number of carbonyl (C=O) groups is 2. The smallest absolute Gasteiger partial charge is 0.303 e. The molecule has 1 atom stereocenters. The summed E-state index contributed by atoms with van der Waals surface area (Å²) in [4.78, 5) is 21.7. The van der Waals surface area contributed by atoms with Gasteiger partial charge in [-0.1, -0.05) is 0 Å². The number of amides is 1. The van der Waals surface area contributed by atoms with Gasteiger partial charge in [0.05, 0.1) is 0 Å². The van der Waals surface area contributed by atoms with E-state index in [1.165, 1.54) is 12.8 Å². The lowest BCUT2D eigenvalue weighted by Crippen LogP contribution is -2.35. The van der Waals surface area contributed by atoms with E-state index >= 15 is 0 Å². The Balaban J connectivity index is 2.00. The average molecular weight is 228 g/mol. The van der Waals surface area contributed by atoms with Crippen molar-refractivity contribution in [2.24, 2.45) is 0 Å². The Kier molecular flexibility index (Phi) is 5.25. The summed E-state index contributed by atoms with van der Waals surface area (Å²) in [7, 11) is 0. The van der Waals surface area contributed by atoms with Gasteiger partial charge in [-0.15, -0.1) is 0 Å². The summed E-state index contributed by atoms with van der Waals surface area (Å²) in [5.74, 6) is -0.831. The van der Waals surface area contributed by atoms with E-state index in [4.69, 9.17) is 5.11 Å². The summed E-state index contributed by atoms with van der Waals surface area (Å²) < 4.78 is 0. The highest BCUT2D eigenvalue weighted by Crippen LogP contribution is 2.18. The molecule has 0 spiro atoms. The van der Waals surface area contributed by atoms with Crippen LogP contribution < -0.4 is 10.6 Å². The summed E-state index contributed by atoms with van der Waals surface area (Å²) in [5.41, 5.74) is 0. The molecule has 0 heterocycles. The molecular weight excluding hydrogens is 208 g/mol. The van der Waals surface area contributed by atoms with Gasteiger partial charge in [-0.2, -0.15) is 0 Å². The molecule has 0 radical (unpaired) electrons. The molecule has 1 unspecified atom stereocenters. The SMILES string of the molecule is CC(CCC(=O)O)NC(=O)CCNC1CC1. The second kappa shape index (κ2) is 6.48. The maximum absolute atomic E-state index is 11.4. The fourth-order valence-electron chi connectivity index (χ4n) is 1.44. The Morgan fingerprint density at radius 1 is 1.38 bits per heavy atom. The van der Waals surface area contributed by atoms with Gasteiger partial charge in [0.1, 0.15) is 0 Å². The molecule has 5 nitrogen and oxygen atoms in total. The molecule has 1 fully saturated rings. The van der Waals surface area contributed by atoms with Crippen LogP contribution in [0.1, 0.15) is 39.0 Å². The second-order valence-corrected chi connectivity index (χ2v) is 4.38. The molecule has 92 valence electrons. The van der Waals surface area contributed by atoms with Gasteiger partial charge in [0.25, 0.3) is 0 Å². The van der Waals surface area contributed by atoms with Crippen LogP contribution in [0.2, 0.25) is 0 Å². The van der Waals surface area contributed by atoms with Gasteiger partial charge >= 0.3 is 5.97 Å². The molecule has 5 heteroatoms. The molecule has 0 aromatic rings. The molecular formula is C11H20N2O3. The summed E-state index contributed by atoms with van der Waals surface area (Å²) in [6.45, 7) is 2.54. The zero-order chi connectivity index (χ0) is 12.0. The molecule has 1 aliphatic rings. The summed E-state index contributed by atoms with van der Waals surface area (Å²) in [6.07, 6.45) is 3.49. The van der Waals surface area contributed by atoms with Gasteiger partial charge in [0.15, 0.2) is 0 Å². The van der Waals surface area contributed by atoms with E-state index in [0.717, 1.165) is 0 Å². The minimum absolute atomic E-state index is 0.00830. The van der Waals surface area contributed by atoms with E-state index in [1.807, 2.05) is 6.92 Å². The molecule has 16 heavy (non-hydrogen) atoms. The second-order valence-electron chi connectivity index (χ2n) is 4.38. The highest BCUT2D eigenvalue weighted by Gasteiger charge is 2.20. The average Bonchev–Trinajstić information content (AvgIpc) is 2.98. The maximum Gasteiger partial charge on any atom is 0.303 e. The fraction of sp³-hybridized carbons (Fsp3) is 0.818. The van der Waals surface area contributed by atoms with Gasteiger partial charge in [0, 0.05) is 31.5 Å². The molecule has 1 saturated carbocycles. The van der Waals surface area contributed by atoms with Gasteiger partial charge in [-0.25, -0.2) is 0 Å². The van der Waals surface area contributed by atoms with Crippen LogP contribution in [0.15, 0.2) is 0 Å². The lowest BCUT2D eigenvalue weighted by atomic mass is 10.2. The van der Waals surface area contributed by atoms with Crippen LogP contribution in [-0.4, -0.2) is 35.6 Å². The largest absolute Gasteiger partial charge is 0.481 e. The van der Waals surface area contributed by atoms with Crippen molar-refractivity contribution in [2.75, 3.05) is 6.54 Å². The first-order valence-electron chi connectivity index (χ1n) is 5.82.